The molecule has 1 aliphatic heterocycles. The zero-order valence-corrected chi connectivity index (χ0v) is 10.2. The summed E-state index contributed by atoms with van der Waals surface area (Å²) in [5.41, 5.74) is 0. The fraction of sp³-hybridized carbons (Fsp3) is 0.917. The largest absolute Gasteiger partial charge is 1.00 e. The van der Waals surface area contributed by atoms with E-state index in [-0.39, 0.29) is 12.4 Å². The third kappa shape index (κ3) is 2.66. The minimum absolute atomic E-state index is 0. The van der Waals surface area contributed by atoms with Crippen LogP contribution in [-0.4, -0.2) is 18.4 Å². The Bertz CT molecular complexity index is 244. The summed E-state index contributed by atoms with van der Waals surface area (Å²) >= 11 is 0. The second-order valence-electron chi connectivity index (χ2n) is 5.51. The topological polar surface area (TPSA) is 26.0 Å². The third-order valence-corrected chi connectivity index (χ3v) is 3.82. The molecule has 3 aliphatic rings. The van der Waals surface area contributed by atoms with Crippen molar-refractivity contribution in [3.63, 3.8) is 0 Å². The van der Waals surface area contributed by atoms with Crippen LogP contribution in [0.2, 0.25) is 0 Å². The first kappa shape index (κ1) is 11.3. The van der Waals surface area contributed by atoms with Gasteiger partial charge in [-0.05, 0) is 37.5 Å². The van der Waals surface area contributed by atoms with E-state index in [9.17, 15) is 0 Å². The monoisotopic (exact) mass is 228 g/mol. The van der Waals surface area contributed by atoms with Gasteiger partial charge in [0, 0.05) is 5.92 Å². The molecule has 2 nitrogen and oxygen atoms in total. The lowest BCUT2D eigenvalue weighted by atomic mass is 10.1. The standard InChI is InChI=1S/C12H20N2.ClH/c1-8-6-11(13-7-8)14-12(9-2-3-9)10-4-5-10;/h8-10,12H,2-7H2,1H3,(H,13,14);1H. The first-order valence-corrected chi connectivity index (χ1v) is 6.19. The Balaban J connectivity index is 0.000000853. The van der Waals surface area contributed by atoms with Gasteiger partial charge in [0.2, 0.25) is 5.84 Å². The minimum atomic E-state index is 0. The predicted molar refractivity (Wildman–Crippen MR) is 57.0 cm³/mol. The van der Waals surface area contributed by atoms with Crippen LogP contribution in [-0.2, 0) is 0 Å². The van der Waals surface area contributed by atoms with E-state index in [0.29, 0.717) is 0 Å². The van der Waals surface area contributed by atoms with Crippen LogP contribution in [0.15, 0.2) is 0 Å². The van der Waals surface area contributed by atoms with E-state index in [1.165, 1.54) is 44.5 Å². The summed E-state index contributed by atoms with van der Waals surface area (Å²) in [7, 11) is 0. The van der Waals surface area contributed by atoms with Crippen molar-refractivity contribution in [2.45, 2.75) is 45.1 Å². The normalized spacial score (nSPS) is 30.0. The zero-order chi connectivity index (χ0) is 9.54. The fourth-order valence-electron chi connectivity index (χ4n) is 2.63. The molecule has 2 saturated carbocycles. The summed E-state index contributed by atoms with van der Waals surface area (Å²) in [4.78, 5) is 3.51. The van der Waals surface area contributed by atoms with Crippen molar-refractivity contribution in [3.05, 3.63) is 0 Å². The van der Waals surface area contributed by atoms with Gasteiger partial charge in [0.1, 0.15) is 0 Å². The Labute approximate surface area is 98.3 Å². The summed E-state index contributed by atoms with van der Waals surface area (Å²) in [5.74, 6) is 4.28. The van der Waals surface area contributed by atoms with E-state index in [2.05, 4.69) is 17.2 Å². The van der Waals surface area contributed by atoms with E-state index < -0.39 is 0 Å². The van der Waals surface area contributed by atoms with Crippen LogP contribution in [0.1, 0.15) is 39.0 Å². The lowest BCUT2D eigenvalue weighted by Gasteiger charge is -2.12. The Morgan fingerprint density at radius 1 is 1.20 bits per heavy atom. The summed E-state index contributed by atoms with van der Waals surface area (Å²) in [5, 5.41) is 3.78. The van der Waals surface area contributed by atoms with Crippen LogP contribution in [0.5, 0.6) is 0 Å². The summed E-state index contributed by atoms with van der Waals surface area (Å²) in [6.07, 6.45) is 7.12. The number of hydrogen-bond donors (Lipinski definition) is 2. The predicted octanol–water partition coefficient (Wildman–Crippen LogP) is -2.71. The van der Waals surface area contributed by atoms with Gasteiger partial charge in [0.25, 0.3) is 0 Å². The van der Waals surface area contributed by atoms with Crippen LogP contribution in [0, 0.1) is 17.8 Å². The average molecular weight is 229 g/mol. The number of amidine groups is 1. The quantitative estimate of drug-likeness (QED) is 0.540. The second kappa shape index (κ2) is 4.32. The molecule has 1 atom stereocenters. The molecule has 1 unspecified atom stereocenters. The molecule has 15 heavy (non-hydrogen) atoms. The van der Waals surface area contributed by atoms with Gasteiger partial charge in [-0.3, -0.25) is 10.3 Å². The van der Waals surface area contributed by atoms with E-state index >= 15 is 0 Å². The summed E-state index contributed by atoms with van der Waals surface area (Å²) < 4.78 is 0. The Morgan fingerprint density at radius 2 is 1.80 bits per heavy atom. The number of nitrogens with one attached hydrogen (secondary N) is 2. The van der Waals surface area contributed by atoms with Gasteiger partial charge in [0.15, 0.2) is 0 Å². The van der Waals surface area contributed by atoms with E-state index in [1.807, 2.05) is 0 Å². The van der Waals surface area contributed by atoms with E-state index in [0.717, 1.165) is 23.8 Å². The molecule has 0 aromatic heterocycles. The Morgan fingerprint density at radius 3 is 2.20 bits per heavy atom. The molecule has 3 heteroatoms. The number of halogens is 1. The maximum Gasteiger partial charge on any atom is 0.243 e. The molecule has 2 fully saturated rings. The van der Waals surface area contributed by atoms with Gasteiger partial charge in [-0.2, -0.15) is 0 Å². The van der Waals surface area contributed by atoms with Crippen molar-refractivity contribution in [2.24, 2.45) is 17.8 Å². The fourth-order valence-corrected chi connectivity index (χ4v) is 2.63. The maximum atomic E-state index is 3.78. The second-order valence-corrected chi connectivity index (χ2v) is 5.51. The highest BCUT2D eigenvalue weighted by atomic mass is 35.5. The van der Waals surface area contributed by atoms with Crippen molar-refractivity contribution >= 4 is 5.84 Å². The van der Waals surface area contributed by atoms with Crippen molar-refractivity contribution in [1.29, 1.82) is 0 Å². The van der Waals surface area contributed by atoms with Crippen LogP contribution < -0.4 is 22.7 Å². The van der Waals surface area contributed by atoms with Crippen LogP contribution in [0.4, 0.5) is 0 Å². The van der Waals surface area contributed by atoms with E-state index in [1.54, 1.807) is 0 Å². The van der Waals surface area contributed by atoms with Crippen molar-refractivity contribution in [3.8, 4) is 0 Å². The molecule has 0 bridgehead atoms. The molecule has 0 radical (unpaired) electrons. The Kier molecular flexibility index (Phi) is 3.24. The molecule has 0 aromatic carbocycles. The molecule has 0 spiro atoms. The third-order valence-electron chi connectivity index (χ3n) is 3.82. The lowest BCUT2D eigenvalue weighted by Crippen LogP contribution is -3.00. The van der Waals surface area contributed by atoms with Crippen molar-refractivity contribution in [2.75, 3.05) is 6.54 Å². The molecule has 86 valence electrons. The molecule has 2 aliphatic carbocycles. The molecule has 0 saturated heterocycles. The molecule has 2 N–H and O–H groups in total. The van der Waals surface area contributed by atoms with Crippen molar-refractivity contribution < 1.29 is 17.4 Å². The minimum Gasteiger partial charge on any atom is -1.00 e. The number of hydrogen-bond acceptors (Lipinski definition) is 1. The molecule has 0 amide bonds. The van der Waals surface area contributed by atoms with Gasteiger partial charge in [0.05, 0.1) is 19.0 Å². The molecule has 0 aromatic rings. The lowest BCUT2D eigenvalue weighted by molar-refractivity contribution is -0.455. The number of rotatable bonds is 3. The van der Waals surface area contributed by atoms with Crippen LogP contribution in [0.3, 0.4) is 0 Å². The Hall–Kier alpha value is -0.240. The van der Waals surface area contributed by atoms with Gasteiger partial charge in [-0.15, -0.1) is 0 Å². The molecular weight excluding hydrogens is 208 g/mol. The maximum absolute atomic E-state index is 3.78. The smallest absolute Gasteiger partial charge is 0.243 e. The van der Waals surface area contributed by atoms with Crippen LogP contribution >= 0.6 is 0 Å². The van der Waals surface area contributed by atoms with Crippen LogP contribution in [0.25, 0.3) is 0 Å². The SMILES string of the molecule is CC1C[NH+]=C(NC(C2CC2)C2CC2)C1.[Cl-]. The molecule has 1 heterocycles. The first-order valence-electron chi connectivity index (χ1n) is 6.19. The summed E-state index contributed by atoms with van der Waals surface area (Å²) in [6.45, 7) is 3.50. The first-order chi connectivity index (χ1) is 6.83. The average Bonchev–Trinajstić information content (AvgIpc) is 3.04. The highest BCUT2D eigenvalue weighted by Gasteiger charge is 2.45. The highest BCUT2D eigenvalue weighted by molar-refractivity contribution is 5.78. The molecular formula is C12H21ClN2. The van der Waals surface area contributed by atoms with Gasteiger partial charge in [-0.1, -0.05) is 6.92 Å². The van der Waals surface area contributed by atoms with Gasteiger partial charge in [-0.25, -0.2) is 0 Å². The van der Waals surface area contributed by atoms with Gasteiger partial charge < -0.3 is 12.4 Å². The highest BCUT2D eigenvalue weighted by Crippen LogP contribution is 2.44. The van der Waals surface area contributed by atoms with E-state index in [4.69, 9.17) is 0 Å². The summed E-state index contributed by atoms with van der Waals surface area (Å²) in [6, 6.07) is 0.822. The van der Waals surface area contributed by atoms with Gasteiger partial charge >= 0.3 is 0 Å². The zero-order valence-electron chi connectivity index (χ0n) is 9.43. The molecule has 3 rings (SSSR count). The van der Waals surface area contributed by atoms with Crippen molar-refractivity contribution in [1.82, 2.24) is 5.32 Å².